The number of aromatic amines is 1. The summed E-state index contributed by atoms with van der Waals surface area (Å²) in [7, 11) is 0. The summed E-state index contributed by atoms with van der Waals surface area (Å²) >= 11 is 1.28. The molecule has 0 aliphatic heterocycles. The average molecular weight is 329 g/mol. The van der Waals surface area contributed by atoms with Crippen LogP contribution in [0.5, 0.6) is 0 Å². The van der Waals surface area contributed by atoms with E-state index in [1.807, 2.05) is 20.8 Å². The molecule has 3 aromatic heterocycles. The van der Waals surface area contributed by atoms with Crippen molar-refractivity contribution in [1.82, 2.24) is 15.0 Å². The summed E-state index contributed by atoms with van der Waals surface area (Å²) in [4.78, 5) is 36.0. The Hall–Kier alpha value is -2.54. The third-order valence-corrected chi connectivity index (χ3v) is 4.36. The number of nitrogens with one attached hydrogen (secondary N) is 1. The van der Waals surface area contributed by atoms with Gasteiger partial charge in [-0.25, -0.2) is 14.8 Å². The van der Waals surface area contributed by atoms with E-state index < -0.39 is 11.4 Å². The predicted octanol–water partition coefficient (Wildman–Crippen LogP) is 3.61. The predicted molar refractivity (Wildman–Crippen MR) is 87.9 cm³/mol. The van der Waals surface area contributed by atoms with E-state index in [0.29, 0.717) is 27.3 Å². The van der Waals surface area contributed by atoms with E-state index in [1.165, 1.54) is 11.3 Å². The molecule has 3 heterocycles. The number of hydrogen-bond acceptors (Lipinski definition) is 5. The topological polar surface area (TPSA) is 95.9 Å². The molecule has 3 rings (SSSR count). The van der Waals surface area contributed by atoms with Crippen LogP contribution in [0.2, 0.25) is 0 Å². The van der Waals surface area contributed by atoms with Gasteiger partial charge in [0, 0.05) is 17.0 Å². The first-order chi connectivity index (χ1) is 10.8. The molecule has 23 heavy (non-hydrogen) atoms. The molecule has 0 radical (unpaired) electrons. The molecule has 7 heteroatoms. The lowest BCUT2D eigenvalue weighted by Crippen LogP contribution is -2.20. The van der Waals surface area contributed by atoms with Crippen LogP contribution in [0, 0.1) is 5.41 Å². The van der Waals surface area contributed by atoms with E-state index in [4.69, 9.17) is 5.11 Å². The number of carbonyl (C=O) groups excluding carboxylic acids is 1. The van der Waals surface area contributed by atoms with Gasteiger partial charge in [-0.15, -0.1) is 11.3 Å². The van der Waals surface area contributed by atoms with Crippen LogP contribution < -0.4 is 0 Å². The van der Waals surface area contributed by atoms with E-state index in [0.717, 1.165) is 0 Å². The average Bonchev–Trinajstić information content (AvgIpc) is 3.12. The number of rotatable bonds is 3. The van der Waals surface area contributed by atoms with Gasteiger partial charge in [-0.3, -0.25) is 4.79 Å². The molecule has 0 unspecified atom stereocenters. The zero-order valence-electron chi connectivity index (χ0n) is 12.9. The highest BCUT2D eigenvalue weighted by atomic mass is 32.1. The van der Waals surface area contributed by atoms with Crippen molar-refractivity contribution < 1.29 is 14.7 Å². The maximum atomic E-state index is 12.5. The van der Waals surface area contributed by atoms with Crippen molar-refractivity contribution in [3.63, 3.8) is 0 Å². The lowest BCUT2D eigenvalue weighted by Gasteiger charge is -2.15. The molecule has 6 nitrogen and oxygen atoms in total. The summed E-state index contributed by atoms with van der Waals surface area (Å²) in [5.41, 5.74) is 1.79. The van der Waals surface area contributed by atoms with Crippen LogP contribution in [-0.4, -0.2) is 31.8 Å². The lowest BCUT2D eigenvalue weighted by atomic mass is 9.87. The number of aromatic carboxylic acids is 1. The number of aromatic nitrogens is 3. The maximum Gasteiger partial charge on any atom is 0.336 e. The van der Waals surface area contributed by atoms with Crippen molar-refractivity contribution in [2.24, 2.45) is 5.41 Å². The molecule has 0 atom stereocenters. The molecule has 2 N–H and O–H groups in total. The molecule has 0 aromatic carbocycles. The Morgan fingerprint density at radius 3 is 2.65 bits per heavy atom. The third-order valence-electron chi connectivity index (χ3n) is 3.41. The SMILES string of the molecule is CC(C)(C)C(=O)c1c[nH]c2ncc(-c3cc(C(=O)O)cs3)nc12. The number of carboxylic acid groups (broad SMARTS) is 1. The quantitative estimate of drug-likeness (QED) is 0.716. The van der Waals surface area contributed by atoms with E-state index in [-0.39, 0.29) is 11.3 Å². The zero-order valence-corrected chi connectivity index (χ0v) is 13.7. The zero-order chi connectivity index (χ0) is 16.8. The van der Waals surface area contributed by atoms with Crippen molar-refractivity contribution in [2.45, 2.75) is 20.8 Å². The first-order valence-electron chi connectivity index (χ1n) is 6.98. The second-order valence-electron chi connectivity index (χ2n) is 6.24. The molecular weight excluding hydrogens is 314 g/mol. The van der Waals surface area contributed by atoms with Crippen molar-refractivity contribution in [3.8, 4) is 10.6 Å². The monoisotopic (exact) mass is 329 g/mol. The fourth-order valence-corrected chi connectivity index (χ4v) is 3.01. The Labute approximate surface area is 136 Å². The Bertz CT molecular complexity index is 918. The van der Waals surface area contributed by atoms with Gasteiger partial charge in [-0.2, -0.15) is 0 Å². The summed E-state index contributed by atoms with van der Waals surface area (Å²) in [6, 6.07) is 1.56. The smallest absolute Gasteiger partial charge is 0.336 e. The van der Waals surface area contributed by atoms with Crippen LogP contribution in [0.1, 0.15) is 41.5 Å². The number of thiophene rings is 1. The molecule has 0 saturated carbocycles. The largest absolute Gasteiger partial charge is 0.478 e. The molecule has 0 spiro atoms. The van der Waals surface area contributed by atoms with Crippen LogP contribution in [0.3, 0.4) is 0 Å². The molecule has 0 aliphatic rings. The molecule has 0 fully saturated rings. The fraction of sp³-hybridized carbons (Fsp3) is 0.250. The minimum Gasteiger partial charge on any atom is -0.478 e. The Morgan fingerprint density at radius 2 is 2.04 bits per heavy atom. The summed E-state index contributed by atoms with van der Waals surface area (Å²) < 4.78 is 0. The van der Waals surface area contributed by atoms with Gasteiger partial charge in [0.15, 0.2) is 11.4 Å². The van der Waals surface area contributed by atoms with Crippen LogP contribution >= 0.6 is 11.3 Å². The highest BCUT2D eigenvalue weighted by molar-refractivity contribution is 7.13. The van der Waals surface area contributed by atoms with Gasteiger partial charge in [0.05, 0.1) is 27.9 Å². The maximum absolute atomic E-state index is 12.5. The van der Waals surface area contributed by atoms with Gasteiger partial charge in [-0.05, 0) is 6.07 Å². The minimum atomic E-state index is -0.980. The van der Waals surface area contributed by atoms with E-state index in [1.54, 1.807) is 23.8 Å². The molecule has 0 aliphatic carbocycles. The van der Waals surface area contributed by atoms with Gasteiger partial charge in [-0.1, -0.05) is 20.8 Å². The van der Waals surface area contributed by atoms with Crippen molar-refractivity contribution in [1.29, 1.82) is 0 Å². The molecule has 118 valence electrons. The normalized spacial score (nSPS) is 11.8. The Balaban J connectivity index is 2.10. The highest BCUT2D eigenvalue weighted by Gasteiger charge is 2.26. The number of Topliss-reactive ketones (excluding diaryl/α,β-unsaturated/α-hetero) is 1. The van der Waals surface area contributed by atoms with Crippen LogP contribution in [0.15, 0.2) is 23.8 Å². The van der Waals surface area contributed by atoms with E-state index in [2.05, 4.69) is 15.0 Å². The van der Waals surface area contributed by atoms with E-state index >= 15 is 0 Å². The van der Waals surface area contributed by atoms with Gasteiger partial charge in [0.2, 0.25) is 0 Å². The van der Waals surface area contributed by atoms with Crippen LogP contribution in [-0.2, 0) is 0 Å². The van der Waals surface area contributed by atoms with Gasteiger partial charge in [0.1, 0.15) is 5.52 Å². The summed E-state index contributed by atoms with van der Waals surface area (Å²) in [5.74, 6) is -1.00. The lowest BCUT2D eigenvalue weighted by molar-refractivity contribution is 0.0697. The second-order valence-corrected chi connectivity index (χ2v) is 7.15. The molecule has 0 bridgehead atoms. The molecule has 0 saturated heterocycles. The molecular formula is C16H15N3O3S. The molecule has 3 aromatic rings. The minimum absolute atomic E-state index is 0.0207. The standard InChI is InChI=1S/C16H15N3O3S/c1-16(2,3)13(20)9-5-17-14-12(9)19-10(6-18-14)11-4-8(7-23-11)15(21)22/h4-7H,1-3H3,(H,17,18)(H,21,22). The number of carboxylic acids is 1. The second kappa shape index (κ2) is 5.27. The number of hydrogen-bond donors (Lipinski definition) is 2. The summed E-state index contributed by atoms with van der Waals surface area (Å²) in [5, 5.41) is 10.6. The fourth-order valence-electron chi connectivity index (χ4n) is 2.17. The third kappa shape index (κ3) is 2.75. The number of nitrogens with zero attached hydrogens (tertiary/aromatic N) is 2. The number of fused-ring (bicyclic) bond motifs is 1. The van der Waals surface area contributed by atoms with Gasteiger partial charge in [0.25, 0.3) is 0 Å². The van der Waals surface area contributed by atoms with Crippen LogP contribution in [0.25, 0.3) is 21.7 Å². The van der Waals surface area contributed by atoms with Crippen molar-refractivity contribution in [3.05, 3.63) is 35.0 Å². The highest BCUT2D eigenvalue weighted by Crippen LogP contribution is 2.29. The summed E-state index contributed by atoms with van der Waals surface area (Å²) in [6.45, 7) is 5.55. The first-order valence-corrected chi connectivity index (χ1v) is 7.86. The van der Waals surface area contributed by atoms with Gasteiger partial charge < -0.3 is 10.1 Å². The summed E-state index contributed by atoms with van der Waals surface area (Å²) in [6.07, 6.45) is 3.20. The number of carbonyl (C=O) groups is 2. The Morgan fingerprint density at radius 1 is 1.30 bits per heavy atom. The van der Waals surface area contributed by atoms with Crippen LogP contribution in [0.4, 0.5) is 0 Å². The Kier molecular flexibility index (Phi) is 3.52. The van der Waals surface area contributed by atoms with Crippen molar-refractivity contribution >= 4 is 34.3 Å². The van der Waals surface area contributed by atoms with Gasteiger partial charge >= 0.3 is 5.97 Å². The number of H-pyrrole nitrogens is 1. The number of ketones is 1. The molecule has 0 amide bonds. The first kappa shape index (κ1) is 15.4. The van der Waals surface area contributed by atoms with Crippen molar-refractivity contribution in [2.75, 3.05) is 0 Å². The van der Waals surface area contributed by atoms with E-state index in [9.17, 15) is 9.59 Å².